The van der Waals surface area contributed by atoms with E-state index < -0.39 is 0 Å². The normalized spacial score (nSPS) is 16.2. The Labute approximate surface area is 81.0 Å². The third-order valence-electron chi connectivity index (χ3n) is 3.24. The third kappa shape index (κ3) is 1.50. The van der Waals surface area contributed by atoms with Crippen molar-refractivity contribution in [2.45, 2.75) is 33.1 Å². The third-order valence-corrected chi connectivity index (χ3v) is 3.24. The molecule has 13 heavy (non-hydrogen) atoms. The van der Waals surface area contributed by atoms with Crippen molar-refractivity contribution in [3.63, 3.8) is 0 Å². The van der Waals surface area contributed by atoms with Gasteiger partial charge in [-0.2, -0.15) is 0 Å². The van der Waals surface area contributed by atoms with E-state index in [1.165, 1.54) is 24.0 Å². The molecule has 1 aliphatic rings. The summed E-state index contributed by atoms with van der Waals surface area (Å²) in [5.74, 6) is 0.802. The Kier molecular flexibility index (Phi) is 2.15. The van der Waals surface area contributed by atoms with E-state index >= 15 is 0 Å². The van der Waals surface area contributed by atoms with Gasteiger partial charge in [-0.15, -0.1) is 0 Å². The molecule has 1 radical (unpaired) electrons. The second kappa shape index (κ2) is 3.17. The summed E-state index contributed by atoms with van der Waals surface area (Å²) in [5, 5.41) is 0. The van der Waals surface area contributed by atoms with Crippen molar-refractivity contribution >= 4 is 0 Å². The lowest BCUT2D eigenvalue weighted by molar-refractivity contribution is 0.569. The maximum absolute atomic E-state index is 4.00. The smallest absolute Gasteiger partial charge is 0.0244 e. The summed E-state index contributed by atoms with van der Waals surface area (Å²) in [6.07, 6.45) is 3.58. The molecular weight excluding hydrogens is 156 g/mol. The van der Waals surface area contributed by atoms with Crippen LogP contribution in [-0.2, 0) is 12.8 Å². The highest BCUT2D eigenvalue weighted by molar-refractivity contribution is 5.40. The minimum atomic E-state index is 0.802. The van der Waals surface area contributed by atoms with Crippen LogP contribution in [0.5, 0.6) is 0 Å². The topological polar surface area (TPSA) is 0 Å². The average molecular weight is 173 g/mol. The quantitative estimate of drug-likeness (QED) is 0.611. The maximum atomic E-state index is 4.00. The van der Waals surface area contributed by atoms with E-state index in [9.17, 15) is 0 Å². The molecule has 0 saturated heterocycles. The predicted molar refractivity (Wildman–Crippen MR) is 56.8 cm³/mol. The van der Waals surface area contributed by atoms with Gasteiger partial charge in [0, 0.05) is 0 Å². The summed E-state index contributed by atoms with van der Waals surface area (Å²) in [6, 6.07) is 4.72. The van der Waals surface area contributed by atoms with Gasteiger partial charge in [0.2, 0.25) is 0 Å². The van der Waals surface area contributed by atoms with Crippen molar-refractivity contribution in [3.05, 3.63) is 41.3 Å². The number of hydrogen-bond donors (Lipinski definition) is 0. The van der Waals surface area contributed by atoms with Crippen molar-refractivity contribution in [2.75, 3.05) is 0 Å². The zero-order chi connectivity index (χ0) is 9.42. The zero-order valence-electron chi connectivity index (χ0n) is 8.56. The first-order valence-electron chi connectivity index (χ1n) is 5.09. The Morgan fingerprint density at radius 2 is 1.62 bits per heavy atom. The molecule has 1 aromatic rings. The molecule has 2 rings (SSSR count). The predicted octanol–water partition coefficient (Wildman–Crippen LogP) is 3.24. The molecule has 0 heteroatoms. The van der Waals surface area contributed by atoms with Gasteiger partial charge in [-0.05, 0) is 61.3 Å². The van der Waals surface area contributed by atoms with Gasteiger partial charge in [0.15, 0.2) is 0 Å². The fourth-order valence-electron chi connectivity index (χ4n) is 2.21. The molecule has 0 aromatic heterocycles. The summed E-state index contributed by atoms with van der Waals surface area (Å²) in [7, 11) is 0. The molecule has 0 nitrogen and oxygen atoms in total. The van der Waals surface area contributed by atoms with Gasteiger partial charge in [0.25, 0.3) is 0 Å². The molecule has 69 valence electrons. The summed E-state index contributed by atoms with van der Waals surface area (Å²) in [5.41, 5.74) is 6.00. The van der Waals surface area contributed by atoms with Crippen LogP contribution in [0.2, 0.25) is 0 Å². The van der Waals surface area contributed by atoms with Crippen LogP contribution in [0.25, 0.3) is 0 Å². The molecule has 0 heterocycles. The Bertz CT molecular complexity index is 292. The van der Waals surface area contributed by atoms with E-state index in [0.717, 1.165) is 12.3 Å². The monoisotopic (exact) mass is 173 g/mol. The van der Waals surface area contributed by atoms with Gasteiger partial charge in [0.05, 0.1) is 0 Å². The van der Waals surface area contributed by atoms with Gasteiger partial charge in [0.1, 0.15) is 0 Å². The van der Waals surface area contributed by atoms with Crippen molar-refractivity contribution in [2.24, 2.45) is 5.92 Å². The molecule has 0 amide bonds. The second-order valence-electron chi connectivity index (χ2n) is 4.27. The van der Waals surface area contributed by atoms with E-state index in [2.05, 4.69) is 32.9 Å². The van der Waals surface area contributed by atoms with Gasteiger partial charge in [-0.3, -0.25) is 0 Å². The standard InChI is InChI=1S/C13H17/c1-4-11-7-12-5-9(2)10(3)6-13(12)8-11/h5-6,11H,1,4,7-8H2,2-3H3. The summed E-state index contributed by atoms with van der Waals surface area (Å²) < 4.78 is 0. The fourth-order valence-corrected chi connectivity index (χ4v) is 2.21. The molecular formula is C13H17. The number of rotatable bonds is 1. The van der Waals surface area contributed by atoms with Crippen LogP contribution in [0, 0.1) is 26.7 Å². The maximum Gasteiger partial charge on any atom is -0.0244 e. The van der Waals surface area contributed by atoms with Crippen LogP contribution in [0.15, 0.2) is 12.1 Å². The molecule has 1 aliphatic carbocycles. The van der Waals surface area contributed by atoms with Crippen LogP contribution in [0.1, 0.15) is 28.7 Å². The van der Waals surface area contributed by atoms with E-state index in [-0.39, 0.29) is 0 Å². The first-order valence-corrected chi connectivity index (χ1v) is 5.09. The lowest BCUT2D eigenvalue weighted by Gasteiger charge is -2.03. The molecule has 0 atom stereocenters. The Morgan fingerprint density at radius 3 is 2.00 bits per heavy atom. The van der Waals surface area contributed by atoms with Crippen molar-refractivity contribution in [1.82, 2.24) is 0 Å². The number of hydrogen-bond acceptors (Lipinski definition) is 0. The first kappa shape index (κ1) is 8.80. The molecule has 0 aliphatic heterocycles. The average Bonchev–Trinajstić information content (AvgIpc) is 2.48. The SMILES string of the molecule is [CH2]CC1Cc2cc(C)c(C)cc2C1. The van der Waals surface area contributed by atoms with Gasteiger partial charge in [-0.1, -0.05) is 19.1 Å². The molecule has 0 spiro atoms. The number of aryl methyl sites for hydroxylation is 2. The van der Waals surface area contributed by atoms with E-state index in [4.69, 9.17) is 0 Å². The van der Waals surface area contributed by atoms with Crippen molar-refractivity contribution < 1.29 is 0 Å². The molecule has 0 bridgehead atoms. The zero-order valence-corrected chi connectivity index (χ0v) is 8.56. The molecule has 0 fully saturated rings. The molecule has 0 unspecified atom stereocenters. The highest BCUT2D eigenvalue weighted by Gasteiger charge is 2.20. The minimum Gasteiger partial charge on any atom is -0.0556 e. The minimum absolute atomic E-state index is 0.802. The summed E-state index contributed by atoms with van der Waals surface area (Å²) in [4.78, 5) is 0. The number of fused-ring (bicyclic) bond motifs is 1. The van der Waals surface area contributed by atoms with Gasteiger partial charge >= 0.3 is 0 Å². The summed E-state index contributed by atoms with van der Waals surface area (Å²) >= 11 is 0. The Morgan fingerprint density at radius 1 is 1.15 bits per heavy atom. The Hall–Kier alpha value is -0.780. The highest BCUT2D eigenvalue weighted by Crippen LogP contribution is 2.30. The van der Waals surface area contributed by atoms with Crippen molar-refractivity contribution in [1.29, 1.82) is 0 Å². The highest BCUT2D eigenvalue weighted by atomic mass is 14.2. The lowest BCUT2D eigenvalue weighted by atomic mass is 10.0. The van der Waals surface area contributed by atoms with E-state index in [0.29, 0.717) is 0 Å². The van der Waals surface area contributed by atoms with Gasteiger partial charge < -0.3 is 0 Å². The molecule has 0 saturated carbocycles. The van der Waals surface area contributed by atoms with Crippen LogP contribution in [0.3, 0.4) is 0 Å². The number of benzene rings is 1. The first-order chi connectivity index (χ1) is 6.20. The molecule has 0 N–H and O–H groups in total. The van der Waals surface area contributed by atoms with Gasteiger partial charge in [-0.25, -0.2) is 0 Å². The molecule has 1 aromatic carbocycles. The van der Waals surface area contributed by atoms with E-state index in [1.54, 1.807) is 11.1 Å². The van der Waals surface area contributed by atoms with Crippen molar-refractivity contribution in [3.8, 4) is 0 Å². The largest absolute Gasteiger partial charge is 0.0556 e. The van der Waals surface area contributed by atoms with Crippen LogP contribution in [0.4, 0.5) is 0 Å². The van der Waals surface area contributed by atoms with Crippen LogP contribution in [-0.4, -0.2) is 0 Å². The lowest BCUT2D eigenvalue weighted by Crippen LogP contribution is -1.95. The van der Waals surface area contributed by atoms with Crippen LogP contribution >= 0.6 is 0 Å². The second-order valence-corrected chi connectivity index (χ2v) is 4.27. The Balaban J connectivity index is 2.36. The van der Waals surface area contributed by atoms with Crippen LogP contribution < -0.4 is 0 Å². The van der Waals surface area contributed by atoms with E-state index in [1.807, 2.05) is 0 Å². The summed E-state index contributed by atoms with van der Waals surface area (Å²) in [6.45, 7) is 8.40. The fraction of sp³-hybridized carbons (Fsp3) is 0.462.